The van der Waals surface area contributed by atoms with Gasteiger partial charge < -0.3 is 14.0 Å². The van der Waals surface area contributed by atoms with Crippen LogP contribution in [0.5, 0.6) is 0 Å². The van der Waals surface area contributed by atoms with Gasteiger partial charge in [0.2, 0.25) is 0 Å². The van der Waals surface area contributed by atoms with E-state index < -0.39 is 16.6 Å². The van der Waals surface area contributed by atoms with E-state index in [2.05, 4.69) is 74.6 Å². The minimum Gasteiger partial charge on any atom is -0.414 e. The fourth-order valence-electron chi connectivity index (χ4n) is 5.28. The molecule has 0 aromatic rings. The number of unbranched alkanes of at least 4 members (excludes halogenated alkanes) is 1. The quantitative estimate of drug-likeness (QED) is 0.156. The Morgan fingerprint density at radius 2 is 1.65 bits per heavy atom. The molecule has 1 aliphatic carbocycles. The van der Waals surface area contributed by atoms with Crippen LogP contribution in [-0.2, 0) is 8.85 Å². The Kier molecular flexibility index (Phi) is 13.9. The predicted molar refractivity (Wildman–Crippen MR) is 155 cm³/mol. The van der Waals surface area contributed by atoms with Gasteiger partial charge in [0.15, 0.2) is 16.6 Å². The Morgan fingerprint density at radius 1 is 1.03 bits per heavy atom. The van der Waals surface area contributed by atoms with Gasteiger partial charge in [-0.25, -0.2) is 0 Å². The van der Waals surface area contributed by atoms with E-state index in [4.69, 9.17) is 8.85 Å². The zero-order valence-corrected chi connectivity index (χ0v) is 26.6. The maximum atomic E-state index is 9.58. The average Bonchev–Trinajstić information content (AvgIpc) is 3.17. The van der Waals surface area contributed by atoms with Crippen molar-refractivity contribution in [2.75, 3.05) is 6.61 Å². The second-order valence-corrected chi connectivity index (χ2v) is 21.9. The number of aliphatic hydroxyl groups excluding tert-OH is 1. The number of aliphatic hydroxyl groups is 1. The average molecular weight is 513 g/mol. The van der Waals surface area contributed by atoms with Crippen LogP contribution in [0.15, 0.2) is 11.6 Å². The van der Waals surface area contributed by atoms with Crippen LogP contribution in [0.4, 0.5) is 0 Å². The molecule has 0 saturated carbocycles. The lowest BCUT2D eigenvalue weighted by Crippen LogP contribution is -2.45. The van der Waals surface area contributed by atoms with Crippen molar-refractivity contribution in [1.29, 1.82) is 0 Å². The zero-order chi connectivity index (χ0) is 26.0. The first-order valence-electron chi connectivity index (χ1n) is 14.6. The van der Waals surface area contributed by atoms with E-state index in [-0.39, 0.29) is 11.6 Å². The van der Waals surface area contributed by atoms with Crippen LogP contribution in [0.3, 0.4) is 0 Å². The van der Waals surface area contributed by atoms with Crippen LogP contribution in [0.2, 0.25) is 36.3 Å². The minimum atomic E-state index is -1.82. The van der Waals surface area contributed by atoms with Crippen LogP contribution in [0.1, 0.15) is 107 Å². The van der Waals surface area contributed by atoms with Crippen LogP contribution in [-0.4, -0.2) is 40.6 Å². The summed E-state index contributed by atoms with van der Waals surface area (Å²) in [4.78, 5) is 0. The first-order valence-corrected chi connectivity index (χ1v) is 20.0. The van der Waals surface area contributed by atoms with Crippen LogP contribution >= 0.6 is 0 Å². The van der Waals surface area contributed by atoms with Gasteiger partial charge in [0.25, 0.3) is 0 Å². The van der Waals surface area contributed by atoms with E-state index in [9.17, 15) is 5.11 Å². The summed E-state index contributed by atoms with van der Waals surface area (Å²) in [5, 5.41) is 9.82. The number of hydrogen-bond acceptors (Lipinski definition) is 3. The minimum absolute atomic E-state index is 0.235. The lowest BCUT2D eigenvalue weighted by atomic mass is 9.88. The van der Waals surface area contributed by atoms with Crippen molar-refractivity contribution in [3.63, 3.8) is 0 Å². The summed E-state index contributed by atoms with van der Waals surface area (Å²) < 4.78 is 14.0. The molecule has 1 aliphatic rings. The third kappa shape index (κ3) is 9.17. The molecule has 0 spiro atoms. The van der Waals surface area contributed by atoms with E-state index in [0.29, 0.717) is 24.0 Å². The molecular formula is C29H60O3Si2. The first kappa shape index (κ1) is 32.1. The van der Waals surface area contributed by atoms with E-state index >= 15 is 0 Å². The normalized spacial score (nSPS) is 21.6. The summed E-state index contributed by atoms with van der Waals surface area (Å²) in [6.45, 7) is 23.8. The highest BCUT2D eigenvalue weighted by Crippen LogP contribution is 2.42. The van der Waals surface area contributed by atoms with Crippen molar-refractivity contribution >= 4 is 16.6 Å². The molecule has 1 rings (SSSR count). The van der Waals surface area contributed by atoms with Gasteiger partial charge in [0.1, 0.15) is 0 Å². The Hall–Kier alpha value is 0.0538. The van der Waals surface area contributed by atoms with Crippen molar-refractivity contribution in [1.82, 2.24) is 0 Å². The van der Waals surface area contributed by atoms with Crippen LogP contribution in [0.25, 0.3) is 0 Å². The summed E-state index contributed by atoms with van der Waals surface area (Å²) in [5.74, 6) is 1.07. The first-order chi connectivity index (χ1) is 15.9. The summed E-state index contributed by atoms with van der Waals surface area (Å²) >= 11 is 0. The smallest absolute Gasteiger partial charge is 0.192 e. The molecule has 1 N–H and O–H groups in total. The van der Waals surface area contributed by atoms with Gasteiger partial charge in [-0.05, 0) is 80.7 Å². The third-order valence-electron chi connectivity index (χ3n) is 9.16. The Morgan fingerprint density at radius 3 is 2.15 bits per heavy atom. The molecule has 0 aromatic heterocycles. The van der Waals surface area contributed by atoms with Crippen LogP contribution in [0, 0.1) is 11.8 Å². The maximum absolute atomic E-state index is 9.58. The van der Waals surface area contributed by atoms with Crippen LogP contribution < -0.4 is 0 Å². The molecule has 0 aromatic carbocycles. The predicted octanol–water partition coefficient (Wildman–Crippen LogP) is 9.09. The van der Waals surface area contributed by atoms with E-state index in [0.717, 1.165) is 32.1 Å². The molecule has 0 amide bonds. The molecule has 0 heterocycles. The third-order valence-corrected chi connectivity index (χ3v) is 18.3. The van der Waals surface area contributed by atoms with Gasteiger partial charge in [-0.2, -0.15) is 0 Å². The topological polar surface area (TPSA) is 38.7 Å². The van der Waals surface area contributed by atoms with Gasteiger partial charge in [-0.1, -0.05) is 79.9 Å². The molecule has 0 saturated heterocycles. The fraction of sp³-hybridized carbons (Fsp3) is 0.931. The molecule has 0 aliphatic heterocycles. The molecule has 2 unspecified atom stereocenters. The van der Waals surface area contributed by atoms with Crippen molar-refractivity contribution in [2.45, 2.75) is 155 Å². The zero-order valence-electron chi connectivity index (χ0n) is 24.6. The summed E-state index contributed by atoms with van der Waals surface area (Å²) in [7, 11) is -3.45. The van der Waals surface area contributed by atoms with Crippen molar-refractivity contribution in [2.24, 2.45) is 11.8 Å². The van der Waals surface area contributed by atoms with Crippen molar-refractivity contribution in [3.05, 3.63) is 11.6 Å². The monoisotopic (exact) mass is 512 g/mol. The molecule has 0 fully saturated rings. The molecule has 0 bridgehead atoms. The van der Waals surface area contributed by atoms with E-state index in [1.165, 1.54) is 37.4 Å². The van der Waals surface area contributed by atoms with Gasteiger partial charge in [-0.15, -0.1) is 0 Å². The van der Waals surface area contributed by atoms with Gasteiger partial charge in [-0.3, -0.25) is 0 Å². The van der Waals surface area contributed by atoms with Gasteiger partial charge in [0, 0.05) is 18.6 Å². The lowest BCUT2D eigenvalue weighted by Gasteiger charge is -2.41. The Labute approximate surface area is 215 Å². The SMILES string of the molecule is CCCCC(C)C(CCC1=CC[C@H](O[Si](CC)(CC)CC)[C@@H]1CCCO)O[Si](C)(C)C(C)(C)C. The molecule has 34 heavy (non-hydrogen) atoms. The second-order valence-electron chi connectivity index (χ2n) is 12.5. The summed E-state index contributed by atoms with van der Waals surface area (Å²) in [5.41, 5.74) is 1.58. The largest absolute Gasteiger partial charge is 0.414 e. The fourth-order valence-corrected chi connectivity index (χ4v) is 9.64. The van der Waals surface area contributed by atoms with Gasteiger partial charge in [0.05, 0.1) is 6.10 Å². The lowest BCUT2D eigenvalue weighted by molar-refractivity contribution is 0.107. The summed E-state index contributed by atoms with van der Waals surface area (Å²) in [6.07, 6.45) is 12.2. The molecule has 0 radical (unpaired) electrons. The second kappa shape index (κ2) is 14.7. The molecular weight excluding hydrogens is 452 g/mol. The van der Waals surface area contributed by atoms with Crippen molar-refractivity contribution < 1.29 is 14.0 Å². The molecule has 5 heteroatoms. The molecule has 3 nitrogen and oxygen atoms in total. The van der Waals surface area contributed by atoms with E-state index in [1.807, 2.05) is 0 Å². The Bertz CT molecular complexity index is 584. The Balaban J connectivity index is 2.99. The van der Waals surface area contributed by atoms with Crippen molar-refractivity contribution in [3.8, 4) is 0 Å². The maximum Gasteiger partial charge on any atom is 0.192 e. The number of hydrogen-bond donors (Lipinski definition) is 1. The van der Waals surface area contributed by atoms with E-state index in [1.54, 1.807) is 5.57 Å². The molecule has 4 atom stereocenters. The number of rotatable bonds is 17. The highest BCUT2D eigenvalue weighted by atomic mass is 28.4. The molecule has 202 valence electrons. The highest BCUT2D eigenvalue weighted by molar-refractivity contribution is 6.74. The summed E-state index contributed by atoms with van der Waals surface area (Å²) in [6, 6.07) is 3.61. The highest BCUT2D eigenvalue weighted by Gasteiger charge is 2.41. The standard InChI is InChI=1S/C29H60O3Si2/c1-11-15-17-24(5)27(31-33(9,10)29(6,7)8)21-19-25-20-22-28(26(25)18-16-23-30)32-34(12-2,13-3)14-4/h20,24,26-28,30H,11-19,21-23H2,1-10H3/t24?,26-,27?,28+/m1/s1. The van der Waals surface area contributed by atoms with Gasteiger partial charge >= 0.3 is 0 Å².